The average Bonchev–Trinajstić information content (AvgIpc) is 2.67. The molecule has 2 rings (SSSR count). The van der Waals surface area contributed by atoms with Crippen molar-refractivity contribution in [3.8, 4) is 5.75 Å². The number of hydrazone groups is 1. The molecule has 0 radical (unpaired) electrons. The van der Waals surface area contributed by atoms with Crippen molar-refractivity contribution < 1.29 is 17.9 Å². The molecule has 8 heteroatoms. The molecule has 0 aliphatic rings. The smallest absolute Gasteiger partial charge is 0.255 e. The van der Waals surface area contributed by atoms with Crippen LogP contribution in [0.4, 0.5) is 0 Å². The lowest BCUT2D eigenvalue weighted by atomic mass is 9.87. The van der Waals surface area contributed by atoms with E-state index in [2.05, 4.69) is 31.3 Å². The third kappa shape index (κ3) is 5.90. The Balaban J connectivity index is 1.98. The van der Waals surface area contributed by atoms with Crippen LogP contribution in [0.2, 0.25) is 0 Å². The van der Waals surface area contributed by atoms with Crippen LogP contribution in [-0.4, -0.2) is 45.5 Å². The molecule has 0 fully saturated rings. The van der Waals surface area contributed by atoms with E-state index in [-0.39, 0.29) is 16.9 Å². The quantitative estimate of drug-likeness (QED) is 0.539. The zero-order valence-corrected chi connectivity index (χ0v) is 19.1. The minimum Gasteiger partial charge on any atom is -0.496 e. The summed E-state index contributed by atoms with van der Waals surface area (Å²) in [5.74, 6) is 0.0630. The van der Waals surface area contributed by atoms with E-state index in [9.17, 15) is 13.2 Å². The molecule has 0 unspecified atom stereocenters. The van der Waals surface area contributed by atoms with Crippen LogP contribution in [0.15, 0.2) is 52.5 Å². The minimum absolute atomic E-state index is 0.0579. The molecule has 2 aromatic rings. The molecule has 2 aromatic carbocycles. The van der Waals surface area contributed by atoms with Crippen LogP contribution in [0.25, 0.3) is 0 Å². The summed E-state index contributed by atoms with van der Waals surface area (Å²) in [6.45, 7) is 7.80. The van der Waals surface area contributed by atoms with Gasteiger partial charge in [-0.15, -0.1) is 0 Å². The second kappa shape index (κ2) is 9.40. The zero-order chi connectivity index (χ0) is 22.5. The maximum atomic E-state index is 12.7. The van der Waals surface area contributed by atoms with Crippen LogP contribution >= 0.6 is 0 Å². The SMILES string of the molecule is COc1ccc(S(=O)(=O)N(C)CC(=O)N/N=C/c2ccc(C(C)(C)C)cc2)cc1C. The predicted octanol–water partition coefficient (Wildman–Crippen LogP) is 3.07. The van der Waals surface area contributed by atoms with Gasteiger partial charge in [-0.05, 0) is 47.2 Å². The van der Waals surface area contributed by atoms with Gasteiger partial charge in [0.1, 0.15) is 5.75 Å². The van der Waals surface area contributed by atoms with Crippen LogP contribution < -0.4 is 10.2 Å². The summed E-state index contributed by atoms with van der Waals surface area (Å²) in [7, 11) is -0.942. The van der Waals surface area contributed by atoms with Crippen LogP contribution in [0.5, 0.6) is 5.75 Å². The van der Waals surface area contributed by atoms with Gasteiger partial charge in [-0.25, -0.2) is 13.8 Å². The van der Waals surface area contributed by atoms with E-state index in [4.69, 9.17) is 4.74 Å². The summed E-state index contributed by atoms with van der Waals surface area (Å²) >= 11 is 0. The maximum absolute atomic E-state index is 12.7. The van der Waals surface area contributed by atoms with Gasteiger partial charge in [-0.3, -0.25) is 4.79 Å². The number of carbonyl (C=O) groups is 1. The van der Waals surface area contributed by atoms with Crippen molar-refractivity contribution >= 4 is 22.1 Å². The molecule has 0 saturated carbocycles. The lowest BCUT2D eigenvalue weighted by Crippen LogP contribution is -2.36. The van der Waals surface area contributed by atoms with Crippen LogP contribution in [0, 0.1) is 6.92 Å². The Kier molecular flexibility index (Phi) is 7.39. The first-order valence-electron chi connectivity index (χ1n) is 9.48. The topological polar surface area (TPSA) is 88.1 Å². The highest BCUT2D eigenvalue weighted by molar-refractivity contribution is 7.89. The second-order valence-corrected chi connectivity index (χ2v) is 10.1. The number of sulfonamides is 1. The number of hydrogen-bond donors (Lipinski definition) is 1. The van der Waals surface area contributed by atoms with Gasteiger partial charge in [-0.1, -0.05) is 45.0 Å². The van der Waals surface area contributed by atoms with Gasteiger partial charge < -0.3 is 4.74 Å². The number of rotatable bonds is 7. The van der Waals surface area contributed by atoms with Gasteiger partial charge in [0.25, 0.3) is 5.91 Å². The minimum atomic E-state index is -3.81. The summed E-state index contributed by atoms with van der Waals surface area (Å²) in [6, 6.07) is 12.4. The van der Waals surface area contributed by atoms with Crippen molar-refractivity contribution in [2.45, 2.75) is 38.0 Å². The highest BCUT2D eigenvalue weighted by Crippen LogP contribution is 2.23. The van der Waals surface area contributed by atoms with Crippen molar-refractivity contribution in [1.82, 2.24) is 9.73 Å². The summed E-state index contributed by atoms with van der Waals surface area (Å²) in [4.78, 5) is 12.2. The lowest BCUT2D eigenvalue weighted by molar-refractivity contribution is -0.121. The molecule has 0 aliphatic heterocycles. The summed E-state index contributed by atoms with van der Waals surface area (Å²) < 4.78 is 31.5. The molecule has 0 bridgehead atoms. The second-order valence-electron chi connectivity index (χ2n) is 8.06. The number of hydrogen-bond acceptors (Lipinski definition) is 5. The van der Waals surface area contributed by atoms with Crippen molar-refractivity contribution in [3.63, 3.8) is 0 Å². The third-order valence-corrected chi connectivity index (χ3v) is 6.42. The van der Waals surface area contributed by atoms with Crippen LogP contribution in [0.3, 0.4) is 0 Å². The molecule has 0 atom stereocenters. The third-order valence-electron chi connectivity index (χ3n) is 4.62. The fourth-order valence-corrected chi connectivity index (χ4v) is 3.97. The van der Waals surface area contributed by atoms with E-state index in [1.165, 1.54) is 38.1 Å². The molecule has 0 spiro atoms. The number of likely N-dealkylation sites (N-methyl/N-ethyl adjacent to an activating group) is 1. The predicted molar refractivity (Wildman–Crippen MR) is 118 cm³/mol. The Hall–Kier alpha value is -2.71. The van der Waals surface area contributed by atoms with Crippen molar-refractivity contribution in [1.29, 1.82) is 0 Å². The van der Waals surface area contributed by atoms with Crippen molar-refractivity contribution in [3.05, 3.63) is 59.2 Å². The maximum Gasteiger partial charge on any atom is 0.255 e. The molecule has 0 heterocycles. The van der Waals surface area contributed by atoms with E-state index in [0.717, 1.165) is 9.87 Å². The number of aryl methyl sites for hydroxylation is 1. The molecule has 7 nitrogen and oxygen atoms in total. The summed E-state index contributed by atoms with van der Waals surface area (Å²) in [6.07, 6.45) is 1.52. The molecule has 1 amide bonds. The number of ether oxygens (including phenoxy) is 1. The Morgan fingerprint density at radius 3 is 2.33 bits per heavy atom. The van der Waals surface area contributed by atoms with Crippen molar-refractivity contribution in [2.24, 2.45) is 5.10 Å². The Bertz CT molecular complexity index is 1020. The van der Waals surface area contributed by atoms with E-state index in [1.807, 2.05) is 24.3 Å². The van der Waals surface area contributed by atoms with E-state index in [0.29, 0.717) is 11.3 Å². The molecule has 0 saturated heterocycles. The van der Waals surface area contributed by atoms with Crippen molar-refractivity contribution in [2.75, 3.05) is 20.7 Å². The summed E-state index contributed by atoms with van der Waals surface area (Å²) in [5.41, 5.74) is 5.15. The first kappa shape index (κ1) is 23.6. The molecule has 1 N–H and O–H groups in total. The van der Waals surface area contributed by atoms with Crippen LogP contribution in [0.1, 0.15) is 37.5 Å². The van der Waals surface area contributed by atoms with Gasteiger partial charge in [0.05, 0.1) is 24.8 Å². The Morgan fingerprint density at radius 1 is 1.17 bits per heavy atom. The van der Waals surface area contributed by atoms with Gasteiger partial charge in [-0.2, -0.15) is 9.41 Å². The normalized spacial score (nSPS) is 12.4. The molecule has 0 aromatic heterocycles. The average molecular weight is 432 g/mol. The number of amides is 1. The van der Waals surface area contributed by atoms with Gasteiger partial charge in [0.15, 0.2) is 0 Å². The number of carbonyl (C=O) groups excluding carboxylic acids is 1. The Labute approximate surface area is 178 Å². The monoisotopic (exact) mass is 431 g/mol. The lowest BCUT2D eigenvalue weighted by Gasteiger charge is -2.18. The Morgan fingerprint density at radius 2 is 1.80 bits per heavy atom. The summed E-state index contributed by atoms with van der Waals surface area (Å²) in [5, 5.41) is 3.92. The van der Waals surface area contributed by atoms with Gasteiger partial charge >= 0.3 is 0 Å². The highest BCUT2D eigenvalue weighted by Gasteiger charge is 2.23. The first-order chi connectivity index (χ1) is 13.9. The number of benzene rings is 2. The van der Waals surface area contributed by atoms with Gasteiger partial charge in [0.2, 0.25) is 10.0 Å². The molecular weight excluding hydrogens is 402 g/mol. The van der Waals surface area contributed by atoms with E-state index < -0.39 is 15.9 Å². The van der Waals surface area contributed by atoms with E-state index >= 15 is 0 Å². The molecule has 162 valence electrons. The number of nitrogens with zero attached hydrogens (tertiary/aromatic N) is 2. The van der Waals surface area contributed by atoms with E-state index in [1.54, 1.807) is 13.0 Å². The molecule has 30 heavy (non-hydrogen) atoms. The number of methoxy groups -OCH3 is 1. The molecular formula is C22H29N3O4S. The first-order valence-corrected chi connectivity index (χ1v) is 10.9. The zero-order valence-electron chi connectivity index (χ0n) is 18.3. The van der Waals surface area contributed by atoms with Crippen LogP contribution in [-0.2, 0) is 20.2 Å². The number of nitrogens with one attached hydrogen (secondary N) is 1. The fraction of sp³-hybridized carbons (Fsp3) is 0.364. The molecule has 0 aliphatic carbocycles. The standard InChI is InChI=1S/C22H29N3O4S/c1-16-13-19(11-12-20(16)29-6)30(27,28)25(5)15-21(26)24-23-14-17-7-9-18(10-8-17)22(2,3)4/h7-14H,15H2,1-6H3,(H,24,26)/b23-14+. The fourth-order valence-electron chi connectivity index (χ4n) is 2.76. The highest BCUT2D eigenvalue weighted by atomic mass is 32.2. The van der Waals surface area contributed by atoms with Gasteiger partial charge in [0, 0.05) is 7.05 Å². The largest absolute Gasteiger partial charge is 0.496 e.